The Morgan fingerprint density at radius 2 is 2.25 bits per heavy atom. The molecular formula is C14H22N2O3S. The standard InChI is InChI=1S/C14H22N2O3S/c1-2-16(10-14-7-4-8-19-14)20(17,18)11-12-5-3-6-13(15)9-12/h3,5-6,9,14H,2,4,7-8,10-11,15H2,1H3. The van der Waals surface area contributed by atoms with Gasteiger partial charge in [-0.3, -0.25) is 0 Å². The van der Waals surface area contributed by atoms with E-state index in [1.807, 2.05) is 6.92 Å². The maximum atomic E-state index is 12.5. The molecule has 20 heavy (non-hydrogen) atoms. The van der Waals surface area contributed by atoms with Gasteiger partial charge in [-0.25, -0.2) is 8.42 Å². The molecule has 0 spiro atoms. The lowest BCUT2D eigenvalue weighted by Gasteiger charge is -2.23. The Labute approximate surface area is 120 Å². The highest BCUT2D eigenvalue weighted by Crippen LogP contribution is 2.18. The summed E-state index contributed by atoms with van der Waals surface area (Å²) in [5.41, 5.74) is 6.99. The van der Waals surface area contributed by atoms with Gasteiger partial charge < -0.3 is 10.5 Å². The van der Waals surface area contributed by atoms with Gasteiger partial charge >= 0.3 is 0 Å². The highest BCUT2D eigenvalue weighted by molar-refractivity contribution is 7.88. The number of benzene rings is 1. The van der Waals surface area contributed by atoms with Crippen LogP contribution < -0.4 is 5.73 Å². The van der Waals surface area contributed by atoms with E-state index in [2.05, 4.69) is 0 Å². The van der Waals surface area contributed by atoms with Crippen molar-refractivity contribution in [3.63, 3.8) is 0 Å². The van der Waals surface area contributed by atoms with E-state index >= 15 is 0 Å². The van der Waals surface area contributed by atoms with Crippen molar-refractivity contribution in [2.45, 2.75) is 31.6 Å². The summed E-state index contributed by atoms with van der Waals surface area (Å²) in [6.45, 7) is 3.50. The molecule has 1 heterocycles. The molecule has 0 radical (unpaired) electrons. The van der Waals surface area contributed by atoms with E-state index in [4.69, 9.17) is 10.5 Å². The molecule has 1 aromatic carbocycles. The van der Waals surface area contributed by atoms with Crippen LogP contribution in [0.4, 0.5) is 5.69 Å². The second-order valence-corrected chi connectivity index (χ2v) is 7.06. The summed E-state index contributed by atoms with van der Waals surface area (Å²) in [6.07, 6.45) is 1.98. The lowest BCUT2D eigenvalue weighted by Crippen LogP contribution is -2.37. The molecule has 1 aliphatic heterocycles. The quantitative estimate of drug-likeness (QED) is 0.810. The molecule has 5 nitrogen and oxygen atoms in total. The van der Waals surface area contributed by atoms with Crippen molar-refractivity contribution in [3.8, 4) is 0 Å². The molecule has 0 saturated carbocycles. The monoisotopic (exact) mass is 298 g/mol. The van der Waals surface area contributed by atoms with Crippen LogP contribution in [0.1, 0.15) is 25.3 Å². The molecule has 0 amide bonds. The van der Waals surface area contributed by atoms with Crippen molar-refractivity contribution in [1.82, 2.24) is 4.31 Å². The van der Waals surface area contributed by atoms with Crippen molar-refractivity contribution in [2.75, 3.05) is 25.4 Å². The van der Waals surface area contributed by atoms with Crippen LogP contribution in [0.2, 0.25) is 0 Å². The third-order valence-corrected chi connectivity index (χ3v) is 5.37. The van der Waals surface area contributed by atoms with E-state index < -0.39 is 10.0 Å². The summed E-state index contributed by atoms with van der Waals surface area (Å²) >= 11 is 0. The van der Waals surface area contributed by atoms with Gasteiger partial charge in [-0.15, -0.1) is 0 Å². The number of hydrogen-bond acceptors (Lipinski definition) is 4. The minimum absolute atomic E-state index is 0.0153. The van der Waals surface area contributed by atoms with Crippen LogP contribution in [0.15, 0.2) is 24.3 Å². The predicted octanol–water partition coefficient (Wildman–Crippen LogP) is 1.60. The molecule has 1 unspecified atom stereocenters. The Balaban J connectivity index is 2.06. The predicted molar refractivity (Wildman–Crippen MR) is 79.7 cm³/mol. The fourth-order valence-corrected chi connectivity index (χ4v) is 4.01. The molecule has 0 bridgehead atoms. The highest BCUT2D eigenvalue weighted by atomic mass is 32.2. The van der Waals surface area contributed by atoms with Crippen molar-refractivity contribution in [1.29, 1.82) is 0 Å². The summed E-state index contributed by atoms with van der Waals surface area (Å²) in [5.74, 6) is -0.0153. The average molecular weight is 298 g/mol. The molecule has 1 aliphatic rings. The molecule has 1 aromatic rings. The number of anilines is 1. The van der Waals surface area contributed by atoms with E-state index in [9.17, 15) is 8.42 Å². The van der Waals surface area contributed by atoms with Crippen LogP contribution in [-0.4, -0.2) is 38.5 Å². The van der Waals surface area contributed by atoms with Crippen molar-refractivity contribution >= 4 is 15.7 Å². The van der Waals surface area contributed by atoms with Gasteiger partial charge in [0.25, 0.3) is 0 Å². The minimum Gasteiger partial charge on any atom is -0.399 e. The Morgan fingerprint density at radius 3 is 2.85 bits per heavy atom. The summed E-state index contributed by atoms with van der Waals surface area (Å²) in [4.78, 5) is 0. The first-order valence-corrected chi connectivity index (χ1v) is 8.56. The molecule has 1 fully saturated rings. The van der Waals surface area contributed by atoms with E-state index in [0.29, 0.717) is 18.8 Å². The molecule has 1 atom stereocenters. The Morgan fingerprint density at radius 1 is 1.45 bits per heavy atom. The van der Waals surface area contributed by atoms with Gasteiger partial charge in [0.05, 0.1) is 11.9 Å². The van der Waals surface area contributed by atoms with Crippen LogP contribution in [0, 0.1) is 0 Å². The Kier molecular flexibility index (Phi) is 5.01. The summed E-state index contributed by atoms with van der Waals surface area (Å²) < 4.78 is 31.9. The number of sulfonamides is 1. The van der Waals surface area contributed by atoms with Crippen molar-refractivity contribution < 1.29 is 13.2 Å². The number of ether oxygens (including phenoxy) is 1. The zero-order valence-corrected chi connectivity index (χ0v) is 12.6. The van der Waals surface area contributed by atoms with Gasteiger partial charge in [0.1, 0.15) is 0 Å². The molecule has 0 aliphatic carbocycles. The third kappa shape index (κ3) is 3.94. The molecular weight excluding hydrogens is 276 g/mol. The number of hydrogen-bond donors (Lipinski definition) is 1. The minimum atomic E-state index is -3.33. The summed E-state index contributed by atoms with van der Waals surface area (Å²) in [5, 5.41) is 0. The van der Waals surface area contributed by atoms with E-state index in [1.165, 1.54) is 4.31 Å². The first kappa shape index (κ1) is 15.3. The molecule has 2 N–H and O–H groups in total. The van der Waals surface area contributed by atoms with Crippen LogP contribution in [0.3, 0.4) is 0 Å². The SMILES string of the molecule is CCN(CC1CCCO1)S(=O)(=O)Cc1cccc(N)c1. The number of nitrogens with zero attached hydrogens (tertiary/aromatic N) is 1. The number of nitrogen functional groups attached to an aromatic ring is 1. The van der Waals surface area contributed by atoms with Gasteiger partial charge in [-0.1, -0.05) is 19.1 Å². The number of likely N-dealkylation sites (N-methyl/N-ethyl adjacent to an activating group) is 1. The van der Waals surface area contributed by atoms with Gasteiger partial charge in [0.15, 0.2) is 0 Å². The lowest BCUT2D eigenvalue weighted by atomic mass is 10.2. The summed E-state index contributed by atoms with van der Waals surface area (Å²) in [6, 6.07) is 7.02. The first-order chi connectivity index (χ1) is 9.51. The average Bonchev–Trinajstić information content (AvgIpc) is 2.88. The van der Waals surface area contributed by atoms with Gasteiger partial charge in [0, 0.05) is 25.4 Å². The Bertz CT molecular complexity index is 539. The maximum Gasteiger partial charge on any atom is 0.218 e. The topological polar surface area (TPSA) is 72.6 Å². The molecule has 1 saturated heterocycles. The number of rotatable bonds is 6. The van der Waals surface area contributed by atoms with E-state index in [1.54, 1.807) is 24.3 Å². The van der Waals surface area contributed by atoms with Crippen LogP contribution >= 0.6 is 0 Å². The Hall–Kier alpha value is -1.11. The smallest absolute Gasteiger partial charge is 0.218 e. The zero-order valence-electron chi connectivity index (χ0n) is 11.8. The zero-order chi connectivity index (χ0) is 14.6. The molecule has 112 valence electrons. The molecule has 0 aromatic heterocycles. The van der Waals surface area contributed by atoms with Crippen LogP contribution in [0.25, 0.3) is 0 Å². The van der Waals surface area contributed by atoms with Gasteiger partial charge in [-0.05, 0) is 30.5 Å². The van der Waals surface area contributed by atoms with Crippen LogP contribution in [-0.2, 0) is 20.5 Å². The van der Waals surface area contributed by atoms with Gasteiger partial charge in [0.2, 0.25) is 10.0 Å². The maximum absolute atomic E-state index is 12.5. The number of nitrogens with two attached hydrogens (primary N) is 1. The van der Waals surface area contributed by atoms with Gasteiger partial charge in [-0.2, -0.15) is 4.31 Å². The van der Waals surface area contributed by atoms with Crippen LogP contribution in [0.5, 0.6) is 0 Å². The summed E-state index contributed by atoms with van der Waals surface area (Å²) in [7, 11) is -3.33. The second kappa shape index (κ2) is 6.56. The fourth-order valence-electron chi connectivity index (χ4n) is 2.44. The van der Waals surface area contributed by atoms with E-state index in [0.717, 1.165) is 25.0 Å². The molecule has 6 heteroatoms. The normalized spacial score (nSPS) is 19.6. The third-order valence-electron chi connectivity index (χ3n) is 3.48. The molecule has 2 rings (SSSR count). The second-order valence-electron chi connectivity index (χ2n) is 5.09. The van der Waals surface area contributed by atoms with Crippen molar-refractivity contribution in [3.05, 3.63) is 29.8 Å². The fraction of sp³-hybridized carbons (Fsp3) is 0.571. The van der Waals surface area contributed by atoms with Crippen molar-refractivity contribution in [2.24, 2.45) is 0 Å². The largest absolute Gasteiger partial charge is 0.399 e. The lowest BCUT2D eigenvalue weighted by molar-refractivity contribution is 0.0946. The first-order valence-electron chi connectivity index (χ1n) is 6.95. The van der Waals surface area contributed by atoms with E-state index in [-0.39, 0.29) is 11.9 Å². The highest BCUT2D eigenvalue weighted by Gasteiger charge is 2.26.